The third-order valence-electron chi connectivity index (χ3n) is 4.35. The van der Waals surface area contributed by atoms with Crippen molar-refractivity contribution >= 4 is 0 Å². The quantitative estimate of drug-likeness (QED) is 0.448. The smallest absolute Gasteiger partial charge is 0.104 e. The van der Waals surface area contributed by atoms with Gasteiger partial charge >= 0.3 is 0 Å². The molecule has 1 N–H and O–H groups in total. The minimum Gasteiger partial charge on any atom is -0.391 e. The van der Waals surface area contributed by atoms with Crippen LogP contribution in [0.3, 0.4) is 0 Å². The molecule has 0 aliphatic rings. The van der Waals surface area contributed by atoms with Crippen LogP contribution in [0, 0.1) is 0 Å². The van der Waals surface area contributed by atoms with Crippen LogP contribution in [-0.4, -0.2) is 36.3 Å². The van der Waals surface area contributed by atoms with Gasteiger partial charge in [-0.05, 0) is 12.8 Å². The molecular weight excluding hydrogens is 258 g/mol. The molecule has 0 radical (unpaired) electrons. The molecule has 21 heavy (non-hydrogen) atoms. The molecule has 0 spiro atoms. The van der Waals surface area contributed by atoms with E-state index in [9.17, 15) is 5.11 Å². The average Bonchev–Trinajstić information content (AvgIpc) is 2.47. The highest BCUT2D eigenvalue weighted by Gasteiger charge is 2.20. The maximum absolute atomic E-state index is 9.36. The topological polar surface area (TPSA) is 20.2 Å². The van der Waals surface area contributed by atoms with Gasteiger partial charge in [-0.1, -0.05) is 69.4 Å². The predicted molar refractivity (Wildman–Crippen MR) is 91.1 cm³/mol. The van der Waals surface area contributed by atoms with Crippen molar-refractivity contribution in [3.63, 3.8) is 0 Å². The third-order valence-corrected chi connectivity index (χ3v) is 4.35. The second-order valence-corrected chi connectivity index (χ2v) is 6.56. The summed E-state index contributed by atoms with van der Waals surface area (Å²) in [5.74, 6) is 0. The van der Waals surface area contributed by atoms with Crippen LogP contribution in [0.4, 0.5) is 0 Å². The SMILES string of the molecule is CCCCCCCCC[N+](C)(CCO)Cc1ccccc1. The Morgan fingerprint density at radius 2 is 1.48 bits per heavy atom. The molecular formula is C19H34NO+. The second kappa shape index (κ2) is 10.8. The first-order valence-electron chi connectivity index (χ1n) is 8.68. The molecule has 0 aromatic heterocycles. The van der Waals surface area contributed by atoms with Crippen LogP contribution >= 0.6 is 0 Å². The van der Waals surface area contributed by atoms with Crippen molar-refractivity contribution in [2.24, 2.45) is 0 Å². The van der Waals surface area contributed by atoms with Gasteiger partial charge in [0.2, 0.25) is 0 Å². The zero-order valence-corrected chi connectivity index (χ0v) is 14.1. The molecule has 0 saturated carbocycles. The Morgan fingerprint density at radius 1 is 0.857 bits per heavy atom. The maximum atomic E-state index is 9.36. The standard InChI is InChI=1S/C19H34NO/c1-3-4-5-6-7-8-12-15-20(2,16-17-21)18-19-13-10-9-11-14-19/h9-11,13-14,21H,3-8,12,15-18H2,1-2H3/q+1. The fourth-order valence-corrected chi connectivity index (χ4v) is 2.99. The molecule has 2 nitrogen and oxygen atoms in total. The second-order valence-electron chi connectivity index (χ2n) is 6.56. The van der Waals surface area contributed by atoms with E-state index in [4.69, 9.17) is 0 Å². The summed E-state index contributed by atoms with van der Waals surface area (Å²) in [4.78, 5) is 0. The summed E-state index contributed by atoms with van der Waals surface area (Å²) in [6.45, 7) is 5.59. The minimum absolute atomic E-state index is 0.278. The van der Waals surface area contributed by atoms with Crippen molar-refractivity contribution in [3.05, 3.63) is 35.9 Å². The monoisotopic (exact) mass is 292 g/mol. The lowest BCUT2D eigenvalue weighted by Crippen LogP contribution is -2.46. The summed E-state index contributed by atoms with van der Waals surface area (Å²) in [6.07, 6.45) is 9.45. The summed E-state index contributed by atoms with van der Waals surface area (Å²) in [5, 5.41) is 9.36. The van der Waals surface area contributed by atoms with Crippen molar-refractivity contribution < 1.29 is 9.59 Å². The van der Waals surface area contributed by atoms with E-state index in [0.717, 1.165) is 17.6 Å². The van der Waals surface area contributed by atoms with Crippen molar-refractivity contribution in [2.75, 3.05) is 26.7 Å². The zero-order valence-electron chi connectivity index (χ0n) is 14.1. The minimum atomic E-state index is 0.278. The number of likely N-dealkylation sites (N-methyl/N-ethyl adjacent to an activating group) is 1. The molecule has 2 heteroatoms. The van der Waals surface area contributed by atoms with Gasteiger partial charge in [0.05, 0.1) is 20.2 Å². The predicted octanol–water partition coefficient (Wildman–Crippen LogP) is 4.38. The largest absolute Gasteiger partial charge is 0.391 e. The van der Waals surface area contributed by atoms with Crippen molar-refractivity contribution in [1.29, 1.82) is 0 Å². The number of unbranched alkanes of at least 4 members (excludes halogenated alkanes) is 6. The fourth-order valence-electron chi connectivity index (χ4n) is 2.99. The summed E-state index contributed by atoms with van der Waals surface area (Å²) < 4.78 is 0.954. The van der Waals surface area contributed by atoms with Crippen molar-refractivity contribution in [2.45, 2.75) is 58.4 Å². The summed E-state index contributed by atoms with van der Waals surface area (Å²) in [7, 11) is 2.28. The highest BCUT2D eigenvalue weighted by Crippen LogP contribution is 2.15. The molecule has 120 valence electrons. The molecule has 1 unspecified atom stereocenters. The number of benzene rings is 1. The molecule has 1 aromatic rings. The van der Waals surface area contributed by atoms with Gasteiger partial charge in [-0.15, -0.1) is 0 Å². The van der Waals surface area contributed by atoms with Gasteiger partial charge in [-0.25, -0.2) is 0 Å². The molecule has 0 aliphatic heterocycles. The van der Waals surface area contributed by atoms with Crippen LogP contribution in [0.15, 0.2) is 30.3 Å². The van der Waals surface area contributed by atoms with Crippen LogP contribution < -0.4 is 0 Å². The molecule has 0 bridgehead atoms. The molecule has 1 rings (SSSR count). The Morgan fingerprint density at radius 3 is 2.10 bits per heavy atom. The van der Waals surface area contributed by atoms with Gasteiger partial charge in [-0.3, -0.25) is 0 Å². The van der Waals surface area contributed by atoms with Crippen LogP contribution in [0.5, 0.6) is 0 Å². The van der Waals surface area contributed by atoms with E-state index in [1.54, 1.807) is 0 Å². The first kappa shape index (κ1) is 18.2. The van der Waals surface area contributed by atoms with E-state index in [-0.39, 0.29) is 6.61 Å². The van der Waals surface area contributed by atoms with E-state index in [1.807, 2.05) is 0 Å². The first-order valence-corrected chi connectivity index (χ1v) is 8.68. The normalized spacial score (nSPS) is 14.0. The van der Waals surface area contributed by atoms with E-state index in [0.29, 0.717) is 0 Å². The van der Waals surface area contributed by atoms with Gasteiger partial charge in [0.25, 0.3) is 0 Å². The highest BCUT2D eigenvalue weighted by atomic mass is 16.3. The summed E-state index contributed by atoms with van der Waals surface area (Å²) in [5.41, 5.74) is 1.37. The highest BCUT2D eigenvalue weighted by molar-refractivity contribution is 5.13. The van der Waals surface area contributed by atoms with Crippen LogP contribution in [0.2, 0.25) is 0 Å². The number of quaternary nitrogens is 1. The molecule has 1 aromatic carbocycles. The Labute approximate surface area is 131 Å². The number of nitrogens with zero attached hydrogens (tertiary/aromatic N) is 1. The van der Waals surface area contributed by atoms with Gasteiger partial charge in [0.1, 0.15) is 13.1 Å². The van der Waals surface area contributed by atoms with Crippen LogP contribution in [0.1, 0.15) is 57.4 Å². The number of hydrogen-bond acceptors (Lipinski definition) is 1. The van der Waals surface area contributed by atoms with Crippen LogP contribution in [-0.2, 0) is 6.54 Å². The molecule has 1 atom stereocenters. The van der Waals surface area contributed by atoms with Gasteiger partial charge in [0, 0.05) is 5.56 Å². The molecule has 0 heterocycles. The molecule has 0 amide bonds. The fraction of sp³-hybridized carbons (Fsp3) is 0.684. The van der Waals surface area contributed by atoms with E-state index in [1.165, 1.54) is 57.1 Å². The first-order chi connectivity index (χ1) is 10.2. The zero-order chi connectivity index (χ0) is 15.4. The maximum Gasteiger partial charge on any atom is 0.104 e. The lowest BCUT2D eigenvalue weighted by molar-refractivity contribution is -0.923. The Kier molecular flexibility index (Phi) is 9.36. The van der Waals surface area contributed by atoms with Gasteiger partial charge in [0.15, 0.2) is 0 Å². The molecule has 0 fully saturated rings. The summed E-state index contributed by atoms with van der Waals surface area (Å²) >= 11 is 0. The number of rotatable bonds is 12. The lowest BCUT2D eigenvalue weighted by atomic mass is 10.1. The molecule has 0 aliphatic carbocycles. The van der Waals surface area contributed by atoms with E-state index < -0.39 is 0 Å². The third kappa shape index (κ3) is 8.23. The van der Waals surface area contributed by atoms with E-state index >= 15 is 0 Å². The summed E-state index contributed by atoms with van der Waals surface area (Å²) in [6, 6.07) is 10.7. The van der Waals surface area contributed by atoms with E-state index in [2.05, 4.69) is 44.3 Å². The Hall–Kier alpha value is -0.860. The van der Waals surface area contributed by atoms with Crippen LogP contribution in [0.25, 0.3) is 0 Å². The number of aliphatic hydroxyl groups excluding tert-OH is 1. The Balaban J connectivity index is 2.31. The van der Waals surface area contributed by atoms with Gasteiger partial charge in [-0.2, -0.15) is 0 Å². The number of hydrogen-bond donors (Lipinski definition) is 1. The van der Waals surface area contributed by atoms with Crippen molar-refractivity contribution in [3.8, 4) is 0 Å². The van der Waals surface area contributed by atoms with Gasteiger partial charge < -0.3 is 9.59 Å². The number of aliphatic hydroxyl groups is 1. The lowest BCUT2D eigenvalue weighted by Gasteiger charge is -2.34. The van der Waals surface area contributed by atoms with Crippen molar-refractivity contribution in [1.82, 2.24) is 0 Å². The molecule has 0 saturated heterocycles. The average molecular weight is 292 g/mol. The Bertz CT molecular complexity index is 352.